The maximum absolute atomic E-state index is 5.90. The maximum atomic E-state index is 5.90. The van der Waals surface area contributed by atoms with E-state index >= 15 is 0 Å². The molecule has 0 saturated carbocycles. The van der Waals surface area contributed by atoms with Crippen LogP contribution in [0.15, 0.2) is 16.7 Å². The van der Waals surface area contributed by atoms with E-state index in [0.29, 0.717) is 5.82 Å². The third kappa shape index (κ3) is 1.91. The van der Waals surface area contributed by atoms with Crippen LogP contribution in [0.1, 0.15) is 25.5 Å². The molecule has 3 rings (SSSR count). The van der Waals surface area contributed by atoms with E-state index in [2.05, 4.69) is 26.0 Å². The van der Waals surface area contributed by atoms with Gasteiger partial charge in [-0.3, -0.25) is 0 Å². The number of ether oxygens (including phenoxy) is 1. The molecule has 0 unspecified atom stereocenters. The highest BCUT2D eigenvalue weighted by Crippen LogP contribution is 2.29. The van der Waals surface area contributed by atoms with Crippen LogP contribution in [0, 0.1) is 0 Å². The zero-order valence-corrected chi connectivity index (χ0v) is 10.9. The minimum Gasteiger partial charge on any atom is -0.382 e. The number of aromatic nitrogens is 3. The first-order valence-corrected chi connectivity index (χ1v) is 6.46. The molecule has 3 heterocycles. The smallest absolute Gasteiger partial charge is 0.162 e. The van der Waals surface area contributed by atoms with Gasteiger partial charge in [0.05, 0.1) is 5.39 Å². The Kier molecular flexibility index (Phi) is 2.76. The summed E-state index contributed by atoms with van der Waals surface area (Å²) in [4.78, 5) is 4.37. The molecule has 6 heteroatoms. The molecule has 1 atom stereocenters. The fourth-order valence-corrected chi connectivity index (χ4v) is 2.47. The van der Waals surface area contributed by atoms with E-state index in [1.165, 1.54) is 0 Å². The summed E-state index contributed by atoms with van der Waals surface area (Å²) in [7, 11) is 0. The summed E-state index contributed by atoms with van der Waals surface area (Å²) in [6.07, 6.45) is 4.96. The number of hydrogen-bond donors (Lipinski definition) is 1. The second-order valence-electron chi connectivity index (χ2n) is 4.18. The predicted molar refractivity (Wildman–Crippen MR) is 68.5 cm³/mol. The Morgan fingerprint density at radius 1 is 1.47 bits per heavy atom. The van der Waals surface area contributed by atoms with Crippen LogP contribution in [0.4, 0.5) is 5.82 Å². The Balaban J connectivity index is 2.10. The van der Waals surface area contributed by atoms with Gasteiger partial charge in [0.15, 0.2) is 17.7 Å². The van der Waals surface area contributed by atoms with E-state index < -0.39 is 0 Å². The van der Waals surface area contributed by atoms with Crippen molar-refractivity contribution in [2.24, 2.45) is 0 Å². The topological polar surface area (TPSA) is 66.0 Å². The van der Waals surface area contributed by atoms with Gasteiger partial charge < -0.3 is 10.5 Å². The lowest BCUT2D eigenvalue weighted by molar-refractivity contribution is -0.0368. The maximum Gasteiger partial charge on any atom is 0.162 e. The SMILES string of the molecule is Nc1nn([C@@H]2CCCCO2)c2ncc(Br)cc12. The molecule has 2 N–H and O–H groups in total. The standard InChI is InChI=1S/C11H13BrN4O/c12-7-5-8-10(13)15-16(11(8)14-6-7)9-3-1-2-4-17-9/h5-6,9H,1-4H2,(H2,13,15)/t9-/m0/s1. The van der Waals surface area contributed by atoms with E-state index in [1.807, 2.05) is 6.07 Å². The second kappa shape index (κ2) is 4.27. The molecule has 0 bridgehead atoms. The van der Waals surface area contributed by atoms with Crippen molar-refractivity contribution in [1.29, 1.82) is 0 Å². The van der Waals surface area contributed by atoms with Gasteiger partial charge >= 0.3 is 0 Å². The summed E-state index contributed by atoms with van der Waals surface area (Å²) in [6.45, 7) is 0.780. The molecule has 5 nitrogen and oxygen atoms in total. The molecule has 2 aromatic rings. The molecule has 0 spiro atoms. The highest BCUT2D eigenvalue weighted by Gasteiger charge is 2.20. The van der Waals surface area contributed by atoms with Gasteiger partial charge in [0.2, 0.25) is 0 Å². The summed E-state index contributed by atoms with van der Waals surface area (Å²) < 4.78 is 8.41. The monoisotopic (exact) mass is 296 g/mol. The lowest BCUT2D eigenvalue weighted by Crippen LogP contribution is -2.19. The number of halogens is 1. The third-order valence-electron chi connectivity index (χ3n) is 2.97. The van der Waals surface area contributed by atoms with Gasteiger partial charge in [-0.05, 0) is 41.3 Å². The molecule has 90 valence electrons. The van der Waals surface area contributed by atoms with Gasteiger partial charge in [-0.2, -0.15) is 5.10 Å². The van der Waals surface area contributed by atoms with Crippen LogP contribution in [0.2, 0.25) is 0 Å². The van der Waals surface area contributed by atoms with Crippen LogP contribution >= 0.6 is 15.9 Å². The predicted octanol–water partition coefficient (Wildman–Crippen LogP) is 2.48. The first kappa shape index (κ1) is 11.0. The molecule has 1 aliphatic heterocycles. The van der Waals surface area contributed by atoms with E-state index in [0.717, 1.165) is 41.4 Å². The summed E-state index contributed by atoms with van der Waals surface area (Å²) >= 11 is 3.39. The van der Waals surface area contributed by atoms with Gasteiger partial charge in [0.25, 0.3) is 0 Å². The molecule has 1 aliphatic rings. The van der Waals surface area contributed by atoms with E-state index in [4.69, 9.17) is 10.5 Å². The number of nitrogens with two attached hydrogens (primary N) is 1. The average molecular weight is 297 g/mol. The van der Waals surface area contributed by atoms with Crippen LogP contribution in [0.5, 0.6) is 0 Å². The van der Waals surface area contributed by atoms with Crippen molar-refractivity contribution in [3.8, 4) is 0 Å². The molecule has 1 fully saturated rings. The molecule has 0 aliphatic carbocycles. The zero-order valence-electron chi connectivity index (χ0n) is 9.27. The van der Waals surface area contributed by atoms with Crippen molar-refractivity contribution >= 4 is 32.8 Å². The van der Waals surface area contributed by atoms with Gasteiger partial charge in [-0.25, -0.2) is 9.67 Å². The Morgan fingerprint density at radius 2 is 2.35 bits per heavy atom. The first-order valence-electron chi connectivity index (χ1n) is 5.66. The number of rotatable bonds is 1. The van der Waals surface area contributed by atoms with Crippen LogP contribution in [0.25, 0.3) is 11.0 Å². The molecule has 17 heavy (non-hydrogen) atoms. The minimum atomic E-state index is -0.0303. The lowest BCUT2D eigenvalue weighted by Gasteiger charge is -2.22. The average Bonchev–Trinajstić information content (AvgIpc) is 2.68. The highest BCUT2D eigenvalue weighted by atomic mass is 79.9. The van der Waals surface area contributed by atoms with Gasteiger partial charge in [0.1, 0.15) is 0 Å². The number of nitrogens with zero attached hydrogens (tertiary/aromatic N) is 3. The number of nitrogen functional groups attached to an aromatic ring is 1. The third-order valence-corrected chi connectivity index (χ3v) is 3.40. The van der Waals surface area contributed by atoms with E-state index in [1.54, 1.807) is 10.9 Å². The molecular formula is C11H13BrN4O. The van der Waals surface area contributed by atoms with Crippen LogP contribution in [-0.2, 0) is 4.74 Å². The van der Waals surface area contributed by atoms with Gasteiger partial charge in [-0.1, -0.05) is 0 Å². The first-order chi connectivity index (χ1) is 8.25. The van der Waals surface area contributed by atoms with E-state index in [-0.39, 0.29) is 6.23 Å². The fraction of sp³-hybridized carbons (Fsp3) is 0.455. The largest absolute Gasteiger partial charge is 0.382 e. The molecule has 0 aromatic carbocycles. The zero-order chi connectivity index (χ0) is 11.8. The summed E-state index contributed by atoms with van der Waals surface area (Å²) in [5.41, 5.74) is 6.69. The van der Waals surface area contributed by atoms with Crippen LogP contribution < -0.4 is 5.73 Å². The molecule has 1 saturated heterocycles. The van der Waals surface area contributed by atoms with Crippen molar-refractivity contribution in [2.45, 2.75) is 25.5 Å². The quantitative estimate of drug-likeness (QED) is 0.878. The number of hydrogen-bond acceptors (Lipinski definition) is 4. The molecule has 0 amide bonds. The summed E-state index contributed by atoms with van der Waals surface area (Å²) in [5.74, 6) is 0.503. The van der Waals surface area contributed by atoms with Gasteiger partial charge in [0, 0.05) is 17.3 Å². The fourth-order valence-electron chi connectivity index (χ4n) is 2.14. The molecule has 2 aromatic heterocycles. The molecule has 0 radical (unpaired) electrons. The number of anilines is 1. The molecular weight excluding hydrogens is 284 g/mol. The van der Waals surface area contributed by atoms with Crippen molar-refractivity contribution < 1.29 is 4.74 Å². The lowest BCUT2D eigenvalue weighted by atomic mass is 10.2. The normalized spacial score (nSPS) is 20.9. The van der Waals surface area contributed by atoms with Crippen molar-refractivity contribution in [2.75, 3.05) is 12.3 Å². The van der Waals surface area contributed by atoms with Crippen molar-refractivity contribution in [3.05, 3.63) is 16.7 Å². The van der Waals surface area contributed by atoms with E-state index in [9.17, 15) is 0 Å². The Morgan fingerprint density at radius 3 is 3.12 bits per heavy atom. The van der Waals surface area contributed by atoms with Crippen molar-refractivity contribution in [3.63, 3.8) is 0 Å². The number of fused-ring (bicyclic) bond motifs is 1. The Labute approximate surface area is 107 Å². The summed E-state index contributed by atoms with van der Waals surface area (Å²) in [5, 5.41) is 5.21. The Hall–Kier alpha value is -1.14. The second-order valence-corrected chi connectivity index (χ2v) is 5.09. The minimum absolute atomic E-state index is 0.0303. The van der Waals surface area contributed by atoms with Crippen LogP contribution in [0.3, 0.4) is 0 Å². The van der Waals surface area contributed by atoms with Crippen LogP contribution in [-0.4, -0.2) is 21.4 Å². The summed E-state index contributed by atoms with van der Waals surface area (Å²) in [6, 6.07) is 1.93. The number of pyridine rings is 1. The van der Waals surface area contributed by atoms with Gasteiger partial charge in [-0.15, -0.1) is 0 Å². The highest BCUT2D eigenvalue weighted by molar-refractivity contribution is 9.10. The van der Waals surface area contributed by atoms with Crippen molar-refractivity contribution in [1.82, 2.24) is 14.8 Å². The Bertz CT molecular complexity index is 548.